The molecule has 0 atom stereocenters. The van der Waals surface area contributed by atoms with Gasteiger partial charge in [0, 0.05) is 33.1 Å². The lowest BCUT2D eigenvalue weighted by Gasteiger charge is -2.34. The van der Waals surface area contributed by atoms with Crippen molar-refractivity contribution in [3.8, 4) is 11.1 Å². The van der Waals surface area contributed by atoms with Crippen molar-refractivity contribution in [2.45, 2.75) is 6.92 Å². The fraction of sp³-hybridized carbons (Fsp3) is 0.263. The highest BCUT2D eigenvalue weighted by atomic mass is 19.1. The van der Waals surface area contributed by atoms with Crippen LogP contribution in [-0.2, 0) is 4.79 Å². The lowest BCUT2D eigenvalue weighted by molar-refractivity contribution is -0.130. The molecule has 0 aliphatic carbocycles. The highest BCUT2D eigenvalue weighted by Gasteiger charge is 2.25. The summed E-state index contributed by atoms with van der Waals surface area (Å²) < 4.78 is 14.2. The summed E-state index contributed by atoms with van der Waals surface area (Å²) in [5.41, 5.74) is 1.82. The van der Waals surface area contributed by atoms with Crippen LogP contribution < -0.4 is 0 Å². The molecule has 0 bridgehead atoms. The minimum absolute atomic E-state index is 0.000598. The topological polar surface area (TPSA) is 40.6 Å². The van der Waals surface area contributed by atoms with Gasteiger partial charge < -0.3 is 9.80 Å². The molecular formula is C19H19FN2O2. The van der Waals surface area contributed by atoms with E-state index < -0.39 is 5.82 Å². The lowest BCUT2D eigenvalue weighted by atomic mass is 10.0. The lowest BCUT2D eigenvalue weighted by Crippen LogP contribution is -2.50. The van der Waals surface area contributed by atoms with Gasteiger partial charge in [-0.05, 0) is 23.3 Å². The van der Waals surface area contributed by atoms with Crippen LogP contribution in [0.25, 0.3) is 11.1 Å². The molecular weight excluding hydrogens is 307 g/mol. The first-order valence-electron chi connectivity index (χ1n) is 7.96. The second-order valence-electron chi connectivity index (χ2n) is 5.86. The Morgan fingerprint density at radius 3 is 2.12 bits per heavy atom. The third-order valence-electron chi connectivity index (χ3n) is 4.32. The zero-order valence-corrected chi connectivity index (χ0v) is 13.5. The van der Waals surface area contributed by atoms with E-state index >= 15 is 0 Å². The zero-order valence-electron chi connectivity index (χ0n) is 13.5. The highest BCUT2D eigenvalue weighted by Crippen LogP contribution is 2.23. The Balaban J connectivity index is 1.81. The maximum absolute atomic E-state index is 14.2. The van der Waals surface area contributed by atoms with Gasteiger partial charge in [-0.2, -0.15) is 0 Å². The number of rotatable bonds is 2. The second kappa shape index (κ2) is 6.83. The molecule has 1 fully saturated rings. The molecule has 2 aromatic carbocycles. The number of nitrogens with zero attached hydrogens (tertiary/aromatic N) is 2. The van der Waals surface area contributed by atoms with Gasteiger partial charge in [0.25, 0.3) is 5.91 Å². The molecule has 0 N–H and O–H groups in total. The number of hydrogen-bond acceptors (Lipinski definition) is 2. The molecule has 1 heterocycles. The molecule has 1 saturated heterocycles. The van der Waals surface area contributed by atoms with Crippen molar-refractivity contribution in [3.05, 3.63) is 59.9 Å². The van der Waals surface area contributed by atoms with E-state index in [1.807, 2.05) is 30.3 Å². The van der Waals surface area contributed by atoms with Crippen LogP contribution in [0.15, 0.2) is 48.5 Å². The van der Waals surface area contributed by atoms with Crippen LogP contribution in [0.3, 0.4) is 0 Å². The monoisotopic (exact) mass is 326 g/mol. The largest absolute Gasteiger partial charge is 0.339 e. The first-order chi connectivity index (χ1) is 11.6. The molecule has 0 radical (unpaired) electrons. The molecule has 5 heteroatoms. The van der Waals surface area contributed by atoms with E-state index in [0.717, 1.165) is 11.1 Å². The van der Waals surface area contributed by atoms with Crippen molar-refractivity contribution in [1.29, 1.82) is 0 Å². The Hall–Kier alpha value is -2.69. The molecule has 2 aromatic rings. The molecule has 1 aliphatic heterocycles. The van der Waals surface area contributed by atoms with E-state index in [4.69, 9.17) is 0 Å². The summed E-state index contributed by atoms with van der Waals surface area (Å²) in [7, 11) is 0. The molecule has 4 nitrogen and oxygen atoms in total. The van der Waals surface area contributed by atoms with Gasteiger partial charge in [0.15, 0.2) is 0 Å². The smallest absolute Gasteiger partial charge is 0.256 e. The molecule has 0 aromatic heterocycles. The Bertz CT molecular complexity index is 753. The number of piperazine rings is 1. The average Bonchev–Trinajstić information content (AvgIpc) is 2.62. The van der Waals surface area contributed by atoms with Gasteiger partial charge in [0.1, 0.15) is 5.82 Å². The summed E-state index contributed by atoms with van der Waals surface area (Å²) in [6.45, 7) is 3.34. The normalized spacial score (nSPS) is 14.6. The Kier molecular flexibility index (Phi) is 4.60. The van der Waals surface area contributed by atoms with Crippen LogP contribution in [0, 0.1) is 5.82 Å². The summed E-state index contributed by atoms with van der Waals surface area (Å²) in [5.74, 6) is -0.846. The maximum Gasteiger partial charge on any atom is 0.256 e. The maximum atomic E-state index is 14.2. The minimum Gasteiger partial charge on any atom is -0.339 e. The third kappa shape index (κ3) is 3.30. The summed E-state index contributed by atoms with van der Waals surface area (Å²) in [6.07, 6.45) is 0. The van der Waals surface area contributed by atoms with Crippen LogP contribution in [-0.4, -0.2) is 47.8 Å². The predicted molar refractivity (Wildman–Crippen MR) is 90.0 cm³/mol. The number of amides is 2. The van der Waals surface area contributed by atoms with Gasteiger partial charge in [-0.25, -0.2) is 4.39 Å². The summed E-state index contributed by atoms with van der Waals surface area (Å²) in [6, 6.07) is 14.2. The van der Waals surface area contributed by atoms with Crippen LogP contribution in [0.2, 0.25) is 0 Å². The molecule has 24 heavy (non-hydrogen) atoms. The SMILES string of the molecule is CC(=O)N1CCN(C(=O)c2cc(-c3ccccc3)ccc2F)CC1. The van der Waals surface area contributed by atoms with Crippen LogP contribution in [0.5, 0.6) is 0 Å². The van der Waals surface area contributed by atoms with Crippen molar-refractivity contribution >= 4 is 11.8 Å². The van der Waals surface area contributed by atoms with Gasteiger partial charge in [-0.1, -0.05) is 36.4 Å². The number of benzene rings is 2. The van der Waals surface area contributed by atoms with Crippen molar-refractivity contribution in [1.82, 2.24) is 9.80 Å². The van der Waals surface area contributed by atoms with E-state index in [1.165, 1.54) is 13.0 Å². The molecule has 124 valence electrons. The van der Waals surface area contributed by atoms with Crippen molar-refractivity contribution in [2.24, 2.45) is 0 Å². The quantitative estimate of drug-likeness (QED) is 0.851. The fourth-order valence-corrected chi connectivity index (χ4v) is 2.89. The van der Waals surface area contributed by atoms with Crippen LogP contribution in [0.1, 0.15) is 17.3 Å². The van der Waals surface area contributed by atoms with Crippen LogP contribution in [0.4, 0.5) is 4.39 Å². The third-order valence-corrected chi connectivity index (χ3v) is 4.32. The number of halogens is 1. The fourth-order valence-electron chi connectivity index (χ4n) is 2.89. The Morgan fingerprint density at radius 2 is 1.50 bits per heavy atom. The summed E-state index contributed by atoms with van der Waals surface area (Å²) in [5, 5.41) is 0. The first kappa shape index (κ1) is 16.2. The van der Waals surface area contributed by atoms with E-state index in [0.29, 0.717) is 26.2 Å². The van der Waals surface area contributed by atoms with Gasteiger partial charge >= 0.3 is 0 Å². The Morgan fingerprint density at radius 1 is 0.875 bits per heavy atom. The average molecular weight is 326 g/mol. The minimum atomic E-state index is -0.520. The van der Waals surface area contributed by atoms with Gasteiger partial charge in [0.2, 0.25) is 5.91 Å². The van der Waals surface area contributed by atoms with E-state index in [9.17, 15) is 14.0 Å². The number of carbonyl (C=O) groups is 2. The molecule has 1 aliphatic rings. The van der Waals surface area contributed by atoms with Gasteiger partial charge in [-0.15, -0.1) is 0 Å². The molecule has 0 saturated carbocycles. The van der Waals surface area contributed by atoms with E-state index in [2.05, 4.69) is 0 Å². The zero-order chi connectivity index (χ0) is 17.1. The van der Waals surface area contributed by atoms with Gasteiger partial charge in [0.05, 0.1) is 5.56 Å². The Labute approximate surface area is 140 Å². The van der Waals surface area contributed by atoms with Crippen molar-refractivity contribution in [2.75, 3.05) is 26.2 Å². The number of hydrogen-bond donors (Lipinski definition) is 0. The molecule has 3 rings (SSSR count). The van der Waals surface area contributed by atoms with Gasteiger partial charge in [-0.3, -0.25) is 9.59 Å². The van der Waals surface area contributed by atoms with E-state index in [-0.39, 0.29) is 17.4 Å². The molecule has 2 amide bonds. The predicted octanol–water partition coefficient (Wildman–Crippen LogP) is 2.80. The first-order valence-corrected chi connectivity index (χ1v) is 7.96. The second-order valence-corrected chi connectivity index (χ2v) is 5.86. The standard InChI is InChI=1S/C19H19FN2O2/c1-14(23)21-9-11-22(12-10-21)19(24)17-13-16(7-8-18(17)20)15-5-3-2-4-6-15/h2-8,13H,9-12H2,1H3. The summed E-state index contributed by atoms with van der Waals surface area (Å²) in [4.78, 5) is 27.3. The van der Waals surface area contributed by atoms with Crippen molar-refractivity contribution in [3.63, 3.8) is 0 Å². The molecule has 0 unspecified atom stereocenters. The van der Waals surface area contributed by atoms with Crippen molar-refractivity contribution < 1.29 is 14.0 Å². The van der Waals surface area contributed by atoms with E-state index in [1.54, 1.807) is 21.9 Å². The molecule has 0 spiro atoms. The number of carbonyl (C=O) groups excluding carboxylic acids is 2. The summed E-state index contributed by atoms with van der Waals surface area (Å²) >= 11 is 0. The van der Waals surface area contributed by atoms with Crippen LogP contribution >= 0.6 is 0 Å². The highest BCUT2D eigenvalue weighted by molar-refractivity contribution is 5.96.